The molecule has 0 saturated carbocycles. The molecule has 0 fully saturated rings. The number of amides is 1. The molecule has 4 rings (SSSR count). The summed E-state index contributed by atoms with van der Waals surface area (Å²) < 4.78 is 47.7. The normalized spacial score (nSPS) is 11.5. The van der Waals surface area contributed by atoms with E-state index in [-0.39, 0.29) is 33.6 Å². The summed E-state index contributed by atoms with van der Waals surface area (Å²) >= 11 is 13.2. The lowest BCUT2D eigenvalue weighted by Crippen LogP contribution is -2.28. The maximum absolute atomic E-state index is 13.1. The predicted octanol–water partition coefficient (Wildman–Crippen LogP) is 5.25. The number of benzene rings is 2. The third kappa shape index (κ3) is 5.71. The molecule has 14 heteroatoms. The largest absolute Gasteiger partial charge is 0.495 e. The van der Waals surface area contributed by atoms with Crippen LogP contribution in [0.5, 0.6) is 11.5 Å². The molecule has 1 amide bonds. The van der Waals surface area contributed by atoms with E-state index in [1.807, 2.05) is 0 Å². The fraction of sp³-hybridized carbons (Fsp3) is 0.217. The molecule has 2 heterocycles. The van der Waals surface area contributed by atoms with Crippen LogP contribution >= 0.6 is 23.2 Å². The number of hydrogen-bond acceptors (Lipinski definition) is 7. The van der Waals surface area contributed by atoms with Gasteiger partial charge in [0.1, 0.15) is 17.0 Å². The number of nitrogens with one attached hydrogen (secondary N) is 3. The van der Waals surface area contributed by atoms with Gasteiger partial charge < -0.3 is 19.8 Å². The van der Waals surface area contributed by atoms with Crippen LogP contribution in [0.3, 0.4) is 0 Å². The molecule has 0 unspecified atom stereocenters. The quantitative estimate of drug-likeness (QED) is 0.272. The smallest absolute Gasteiger partial charge is 0.401 e. The number of methoxy groups -OCH3 is 2. The van der Waals surface area contributed by atoms with Crippen molar-refractivity contribution in [3.63, 3.8) is 0 Å². The summed E-state index contributed by atoms with van der Waals surface area (Å²) in [4.78, 5) is 28.5. The van der Waals surface area contributed by atoms with E-state index in [2.05, 4.69) is 30.6 Å². The van der Waals surface area contributed by atoms with Gasteiger partial charge in [-0.05, 0) is 6.07 Å². The number of carbonyl (C=O) groups is 1. The van der Waals surface area contributed by atoms with Crippen molar-refractivity contribution in [3.8, 4) is 22.6 Å². The first-order valence-corrected chi connectivity index (χ1v) is 11.3. The van der Waals surface area contributed by atoms with Gasteiger partial charge in [-0.15, -0.1) is 0 Å². The summed E-state index contributed by atoms with van der Waals surface area (Å²) in [5.41, 5.74) is 2.00. The maximum Gasteiger partial charge on any atom is 0.401 e. The molecule has 4 aromatic rings. The molecular weight excluding hydrogens is 536 g/mol. The summed E-state index contributed by atoms with van der Waals surface area (Å²) in [5, 5.41) is 5.27. The Morgan fingerprint density at radius 1 is 1.03 bits per heavy atom. The number of aromatic amines is 1. The molecule has 0 atom stereocenters. The molecule has 9 nitrogen and oxygen atoms in total. The number of H-pyrrole nitrogens is 1. The van der Waals surface area contributed by atoms with Crippen LogP contribution in [0, 0.1) is 0 Å². The number of alkyl halides is 3. The number of imidazole rings is 1. The number of fused-ring (bicyclic) bond motifs is 1. The van der Waals surface area contributed by atoms with Crippen LogP contribution in [0.1, 0.15) is 16.1 Å². The summed E-state index contributed by atoms with van der Waals surface area (Å²) in [6.07, 6.45) is -0.134. The van der Waals surface area contributed by atoms with Crippen molar-refractivity contribution in [2.45, 2.75) is 12.7 Å². The van der Waals surface area contributed by atoms with Crippen molar-refractivity contribution in [2.24, 2.45) is 0 Å². The minimum Gasteiger partial charge on any atom is -0.495 e. The van der Waals surface area contributed by atoms with E-state index in [1.165, 1.54) is 38.9 Å². The molecule has 194 valence electrons. The Morgan fingerprint density at radius 2 is 1.68 bits per heavy atom. The second kappa shape index (κ2) is 10.8. The van der Waals surface area contributed by atoms with E-state index in [0.717, 1.165) is 0 Å². The van der Waals surface area contributed by atoms with Crippen molar-refractivity contribution in [1.29, 1.82) is 0 Å². The first-order chi connectivity index (χ1) is 17.6. The number of ether oxygens (including phenoxy) is 2. The van der Waals surface area contributed by atoms with Gasteiger partial charge in [0.25, 0.3) is 5.91 Å². The summed E-state index contributed by atoms with van der Waals surface area (Å²) in [7, 11) is 2.91. The number of halogens is 5. The molecular formula is C23H19Cl2F3N6O3. The van der Waals surface area contributed by atoms with Crippen LogP contribution in [-0.2, 0) is 6.54 Å². The first kappa shape index (κ1) is 26.5. The van der Waals surface area contributed by atoms with Crippen LogP contribution in [0.15, 0.2) is 36.8 Å². The average Bonchev–Trinajstić information content (AvgIpc) is 3.30. The van der Waals surface area contributed by atoms with Crippen molar-refractivity contribution in [3.05, 3.63) is 58.1 Å². The van der Waals surface area contributed by atoms with Gasteiger partial charge in [0.15, 0.2) is 0 Å². The van der Waals surface area contributed by atoms with Crippen molar-refractivity contribution in [1.82, 2.24) is 25.3 Å². The Morgan fingerprint density at radius 3 is 2.30 bits per heavy atom. The van der Waals surface area contributed by atoms with E-state index in [9.17, 15) is 18.0 Å². The standard InChI is InChI=1S/C23H19Cl2F3N6O3/c1-36-14-7-15(37-2)18(25)16(17(14)24)12-3-4-13(20-19(12)30-5-6-31-20)21(35)34-22-32-9-11(33-22)8-29-10-23(26,27)28/h3-7,9,29H,8,10H2,1-2H3,(H2,32,33,34,35). The Balaban J connectivity index is 1.66. The fourth-order valence-electron chi connectivity index (χ4n) is 3.59. The van der Waals surface area contributed by atoms with Crippen LogP contribution in [0.4, 0.5) is 19.1 Å². The highest BCUT2D eigenvalue weighted by Gasteiger charge is 2.26. The highest BCUT2D eigenvalue weighted by molar-refractivity contribution is 6.41. The van der Waals surface area contributed by atoms with Crippen molar-refractivity contribution in [2.75, 3.05) is 26.1 Å². The monoisotopic (exact) mass is 554 g/mol. The maximum atomic E-state index is 13.1. The van der Waals surface area contributed by atoms with Gasteiger partial charge in [-0.25, -0.2) is 4.98 Å². The van der Waals surface area contributed by atoms with Crippen LogP contribution in [0.2, 0.25) is 10.0 Å². The van der Waals surface area contributed by atoms with E-state index >= 15 is 0 Å². The van der Waals surface area contributed by atoms with Crippen LogP contribution in [0.25, 0.3) is 22.2 Å². The number of aromatic nitrogens is 4. The predicted molar refractivity (Wildman–Crippen MR) is 132 cm³/mol. The zero-order valence-electron chi connectivity index (χ0n) is 19.3. The molecule has 0 aliphatic carbocycles. The van der Waals surface area contributed by atoms with E-state index in [0.29, 0.717) is 33.8 Å². The van der Waals surface area contributed by atoms with E-state index in [1.54, 1.807) is 12.1 Å². The minimum absolute atomic E-state index is 0.0542. The Labute approximate surface area is 218 Å². The molecule has 0 aliphatic heterocycles. The van der Waals surface area contributed by atoms with Crippen LogP contribution < -0.4 is 20.1 Å². The van der Waals surface area contributed by atoms with Gasteiger partial charge in [0.05, 0.1) is 53.8 Å². The molecule has 0 aliphatic rings. The lowest BCUT2D eigenvalue weighted by atomic mass is 9.99. The molecule has 0 saturated heterocycles. The third-order valence-electron chi connectivity index (χ3n) is 5.21. The Kier molecular flexibility index (Phi) is 7.71. The lowest BCUT2D eigenvalue weighted by molar-refractivity contribution is -0.125. The molecule has 0 radical (unpaired) electrons. The number of nitrogens with zero attached hydrogens (tertiary/aromatic N) is 3. The molecule has 3 N–H and O–H groups in total. The second-order valence-corrected chi connectivity index (χ2v) is 8.38. The number of hydrogen-bond donors (Lipinski definition) is 3. The zero-order valence-corrected chi connectivity index (χ0v) is 20.8. The third-order valence-corrected chi connectivity index (χ3v) is 5.96. The minimum atomic E-state index is -4.34. The van der Waals surface area contributed by atoms with Gasteiger partial charge >= 0.3 is 6.18 Å². The SMILES string of the molecule is COc1cc(OC)c(Cl)c(-c2ccc(C(=O)Nc3ncc(CNCC(F)(F)F)[nH]3)c3nccnc23)c1Cl. The second-order valence-electron chi connectivity index (χ2n) is 7.63. The van der Waals surface area contributed by atoms with Crippen molar-refractivity contribution < 1.29 is 27.4 Å². The number of anilines is 1. The Hall–Kier alpha value is -3.61. The molecule has 0 spiro atoms. The highest BCUT2D eigenvalue weighted by atomic mass is 35.5. The highest BCUT2D eigenvalue weighted by Crippen LogP contribution is 2.47. The molecule has 37 heavy (non-hydrogen) atoms. The molecule has 0 bridgehead atoms. The topological polar surface area (TPSA) is 114 Å². The fourth-order valence-corrected chi connectivity index (χ4v) is 4.29. The lowest BCUT2D eigenvalue weighted by Gasteiger charge is -2.16. The number of rotatable bonds is 8. The van der Waals surface area contributed by atoms with Gasteiger partial charge in [0.2, 0.25) is 5.95 Å². The van der Waals surface area contributed by atoms with Gasteiger partial charge in [-0.3, -0.25) is 20.1 Å². The van der Waals surface area contributed by atoms with Gasteiger partial charge in [-0.1, -0.05) is 29.3 Å². The zero-order chi connectivity index (χ0) is 26.7. The average molecular weight is 555 g/mol. The van der Waals surface area contributed by atoms with E-state index < -0.39 is 18.6 Å². The first-order valence-electron chi connectivity index (χ1n) is 10.6. The van der Waals surface area contributed by atoms with Crippen molar-refractivity contribution >= 4 is 46.1 Å². The van der Waals surface area contributed by atoms with Crippen LogP contribution in [-0.4, -0.2) is 52.8 Å². The van der Waals surface area contributed by atoms with E-state index in [4.69, 9.17) is 32.7 Å². The Bertz CT molecular complexity index is 1430. The number of carbonyl (C=O) groups excluding carboxylic acids is 1. The molecule has 2 aromatic carbocycles. The summed E-state index contributed by atoms with van der Waals surface area (Å²) in [6.45, 7) is -1.27. The molecule has 2 aromatic heterocycles. The van der Waals surface area contributed by atoms with Gasteiger partial charge in [0, 0.05) is 36.1 Å². The van der Waals surface area contributed by atoms with Gasteiger partial charge in [-0.2, -0.15) is 13.2 Å². The summed E-state index contributed by atoms with van der Waals surface area (Å²) in [5.74, 6) is 0.144. The summed E-state index contributed by atoms with van der Waals surface area (Å²) in [6, 6.07) is 4.70.